The van der Waals surface area contributed by atoms with Gasteiger partial charge in [0.05, 0.1) is 18.0 Å². The molecule has 0 fully saturated rings. The van der Waals surface area contributed by atoms with Crippen molar-refractivity contribution in [3.63, 3.8) is 0 Å². The van der Waals surface area contributed by atoms with Crippen molar-refractivity contribution in [3.8, 4) is 0 Å². The minimum Gasteiger partial charge on any atom is -0.466 e. The lowest BCUT2D eigenvalue weighted by Crippen LogP contribution is -2.16. The van der Waals surface area contributed by atoms with Crippen molar-refractivity contribution in [1.82, 2.24) is 0 Å². The molecule has 1 rings (SSSR count). The summed E-state index contributed by atoms with van der Waals surface area (Å²) >= 11 is 0.977. The van der Waals surface area contributed by atoms with Gasteiger partial charge >= 0.3 is 11.0 Å². The Morgan fingerprint density at radius 3 is 2.76 bits per heavy atom. The molecule has 8 heteroatoms. The van der Waals surface area contributed by atoms with Gasteiger partial charge in [-0.25, -0.2) is 0 Å². The maximum atomic E-state index is 11.1. The third-order valence-corrected chi connectivity index (χ3v) is 3.02. The van der Waals surface area contributed by atoms with Crippen molar-refractivity contribution in [2.24, 2.45) is 5.73 Å². The summed E-state index contributed by atoms with van der Waals surface area (Å²) in [6.07, 6.45) is 0.0332. The van der Waals surface area contributed by atoms with Gasteiger partial charge in [-0.1, -0.05) is 11.3 Å². The number of hydrogen-bond acceptors (Lipinski definition) is 6. The van der Waals surface area contributed by atoms with Crippen LogP contribution in [-0.4, -0.2) is 17.5 Å². The van der Waals surface area contributed by atoms with Gasteiger partial charge in [-0.15, -0.1) is 12.4 Å². The Labute approximate surface area is 108 Å². The predicted molar refractivity (Wildman–Crippen MR) is 66.4 cm³/mol. The van der Waals surface area contributed by atoms with Gasteiger partial charge in [0.15, 0.2) is 0 Å². The molecule has 0 spiro atoms. The van der Waals surface area contributed by atoms with Gasteiger partial charge in [0.1, 0.15) is 0 Å². The van der Waals surface area contributed by atoms with Crippen LogP contribution in [0.1, 0.15) is 24.3 Å². The lowest BCUT2D eigenvalue weighted by Gasteiger charge is -2.07. The van der Waals surface area contributed by atoms with E-state index in [1.807, 2.05) is 0 Å². The number of nitro groups is 1. The fourth-order valence-electron chi connectivity index (χ4n) is 1.14. The molecule has 0 saturated heterocycles. The minimum atomic E-state index is -0.544. The van der Waals surface area contributed by atoms with Crippen LogP contribution in [0.4, 0.5) is 5.00 Å². The molecule has 0 aliphatic rings. The third-order valence-electron chi connectivity index (χ3n) is 1.85. The van der Waals surface area contributed by atoms with Crippen LogP contribution in [0.5, 0.6) is 0 Å². The lowest BCUT2D eigenvalue weighted by molar-refractivity contribution is -0.380. The molecule has 1 atom stereocenters. The average Bonchev–Trinajstić information content (AvgIpc) is 2.66. The van der Waals surface area contributed by atoms with E-state index in [4.69, 9.17) is 10.5 Å². The summed E-state index contributed by atoms with van der Waals surface area (Å²) in [5.74, 6) is -0.397. The van der Waals surface area contributed by atoms with E-state index in [9.17, 15) is 14.9 Å². The number of rotatable bonds is 5. The molecule has 1 heterocycles. The van der Waals surface area contributed by atoms with Crippen molar-refractivity contribution < 1.29 is 14.5 Å². The van der Waals surface area contributed by atoms with E-state index in [0.717, 1.165) is 11.3 Å². The van der Waals surface area contributed by atoms with E-state index >= 15 is 0 Å². The number of nitrogens with two attached hydrogens (primary N) is 1. The molecule has 0 aromatic carbocycles. The largest absolute Gasteiger partial charge is 0.466 e. The van der Waals surface area contributed by atoms with E-state index in [-0.39, 0.29) is 23.8 Å². The number of ether oxygens (including phenoxy) is 1. The molecule has 0 unspecified atom stereocenters. The molecule has 96 valence electrons. The smallest absolute Gasteiger partial charge is 0.324 e. The van der Waals surface area contributed by atoms with Gasteiger partial charge in [-0.05, 0) is 13.0 Å². The molecule has 1 aromatic heterocycles. The van der Waals surface area contributed by atoms with Crippen LogP contribution in [-0.2, 0) is 9.53 Å². The van der Waals surface area contributed by atoms with Crippen LogP contribution < -0.4 is 5.73 Å². The van der Waals surface area contributed by atoms with Gasteiger partial charge in [0, 0.05) is 17.0 Å². The summed E-state index contributed by atoms with van der Waals surface area (Å²) in [5, 5.41) is 10.5. The average molecular weight is 281 g/mol. The molecule has 0 saturated carbocycles. The number of thiophene rings is 1. The molecule has 17 heavy (non-hydrogen) atoms. The van der Waals surface area contributed by atoms with Gasteiger partial charge in [0.2, 0.25) is 0 Å². The number of esters is 1. The minimum absolute atomic E-state index is 0. The molecule has 2 N–H and O–H groups in total. The second-order valence-electron chi connectivity index (χ2n) is 3.05. The first-order valence-corrected chi connectivity index (χ1v) is 5.51. The summed E-state index contributed by atoms with van der Waals surface area (Å²) in [6, 6.07) is 2.40. The highest BCUT2D eigenvalue weighted by Gasteiger charge is 2.17. The van der Waals surface area contributed by atoms with Gasteiger partial charge in [0.25, 0.3) is 0 Å². The maximum absolute atomic E-state index is 11.1. The maximum Gasteiger partial charge on any atom is 0.324 e. The Hall–Kier alpha value is -1.18. The first kappa shape index (κ1) is 15.8. The summed E-state index contributed by atoms with van der Waals surface area (Å²) < 4.78 is 4.74. The molecule has 0 amide bonds. The van der Waals surface area contributed by atoms with Crippen molar-refractivity contribution in [2.75, 3.05) is 6.61 Å². The summed E-state index contributed by atoms with van der Waals surface area (Å²) in [5.41, 5.74) is 5.73. The van der Waals surface area contributed by atoms with Crippen molar-refractivity contribution in [2.45, 2.75) is 19.4 Å². The Bertz CT molecular complexity index is 396. The van der Waals surface area contributed by atoms with E-state index in [2.05, 4.69) is 0 Å². The topological polar surface area (TPSA) is 95.5 Å². The van der Waals surface area contributed by atoms with Crippen molar-refractivity contribution >= 4 is 34.7 Å². The quantitative estimate of drug-likeness (QED) is 0.506. The number of halogens is 1. The van der Waals surface area contributed by atoms with Crippen LogP contribution in [0.15, 0.2) is 12.1 Å². The number of nitrogens with zero attached hydrogens (tertiary/aromatic N) is 1. The molecule has 0 aliphatic carbocycles. The Morgan fingerprint density at radius 1 is 1.65 bits per heavy atom. The summed E-state index contributed by atoms with van der Waals surface area (Å²) in [7, 11) is 0. The SMILES string of the molecule is CCOC(=O)C[C@H](N)c1ccc([N+](=O)[O-])s1.Cl. The Kier molecular flexibility index (Phi) is 6.71. The van der Waals surface area contributed by atoms with Crippen LogP contribution >= 0.6 is 23.7 Å². The highest BCUT2D eigenvalue weighted by molar-refractivity contribution is 7.15. The van der Waals surface area contributed by atoms with E-state index in [1.165, 1.54) is 6.07 Å². The monoisotopic (exact) mass is 280 g/mol. The zero-order valence-corrected chi connectivity index (χ0v) is 10.8. The standard InChI is InChI=1S/C9H12N2O4S.ClH/c1-2-15-9(12)5-6(10)7-3-4-8(16-7)11(13)14;/h3-4,6H,2,5,10H2,1H3;1H/t6-;/m0./s1. The highest BCUT2D eigenvalue weighted by Crippen LogP contribution is 2.29. The molecule has 0 aliphatic heterocycles. The predicted octanol–water partition coefficient (Wildman–Crippen LogP) is 2.03. The summed E-state index contributed by atoms with van der Waals surface area (Å²) in [6.45, 7) is 2.01. The van der Waals surface area contributed by atoms with Crippen molar-refractivity contribution in [1.29, 1.82) is 0 Å². The molecular formula is C9H13ClN2O4S. The van der Waals surface area contributed by atoms with Crippen molar-refractivity contribution in [3.05, 3.63) is 27.1 Å². The van der Waals surface area contributed by atoms with Gasteiger partial charge < -0.3 is 10.5 Å². The molecule has 0 radical (unpaired) electrons. The number of hydrogen-bond donors (Lipinski definition) is 1. The summed E-state index contributed by atoms with van der Waals surface area (Å²) in [4.78, 5) is 21.7. The first-order valence-electron chi connectivity index (χ1n) is 4.70. The highest BCUT2D eigenvalue weighted by atomic mass is 35.5. The lowest BCUT2D eigenvalue weighted by atomic mass is 10.2. The van der Waals surface area contributed by atoms with Gasteiger partial charge in [-0.3, -0.25) is 14.9 Å². The fraction of sp³-hybridized carbons (Fsp3) is 0.444. The third kappa shape index (κ3) is 4.68. The molecular weight excluding hydrogens is 268 g/mol. The Balaban J connectivity index is 0.00000256. The number of carbonyl (C=O) groups is 1. The fourth-order valence-corrected chi connectivity index (χ4v) is 1.96. The first-order chi connectivity index (χ1) is 7.54. The van der Waals surface area contributed by atoms with Crippen LogP contribution in [0.2, 0.25) is 0 Å². The van der Waals surface area contributed by atoms with Crippen LogP contribution in [0.25, 0.3) is 0 Å². The van der Waals surface area contributed by atoms with Gasteiger partial charge in [-0.2, -0.15) is 0 Å². The normalized spacial score (nSPS) is 11.4. The molecule has 6 nitrogen and oxygen atoms in total. The van der Waals surface area contributed by atoms with E-state index in [1.54, 1.807) is 13.0 Å². The van der Waals surface area contributed by atoms with E-state index in [0.29, 0.717) is 11.5 Å². The number of carbonyl (C=O) groups excluding carboxylic acids is 1. The van der Waals surface area contributed by atoms with E-state index < -0.39 is 16.9 Å². The van der Waals surface area contributed by atoms with Crippen LogP contribution in [0, 0.1) is 10.1 Å². The zero-order chi connectivity index (χ0) is 12.1. The van der Waals surface area contributed by atoms with Crippen LogP contribution in [0.3, 0.4) is 0 Å². The zero-order valence-electron chi connectivity index (χ0n) is 9.12. The Morgan fingerprint density at radius 2 is 2.29 bits per heavy atom. The second kappa shape index (κ2) is 7.21. The second-order valence-corrected chi connectivity index (χ2v) is 4.14. The molecule has 1 aromatic rings. The molecule has 0 bridgehead atoms.